The van der Waals surface area contributed by atoms with E-state index in [0.717, 1.165) is 15.1 Å². The Hall–Kier alpha value is -0.480. The first kappa shape index (κ1) is 13.9. The number of aliphatic carboxylic acids is 1. The molecule has 2 heterocycles. The number of thiophene rings is 1. The number of piperazine rings is 1. The number of halogens is 1. The van der Waals surface area contributed by atoms with Crippen molar-refractivity contribution in [3.05, 3.63) is 15.9 Å². The molecule has 6 nitrogen and oxygen atoms in total. The lowest BCUT2D eigenvalue weighted by Crippen LogP contribution is -2.55. The molecule has 100 valence electrons. The van der Waals surface area contributed by atoms with Crippen LogP contribution in [0.15, 0.2) is 20.1 Å². The van der Waals surface area contributed by atoms with Crippen LogP contribution in [-0.4, -0.2) is 49.5 Å². The van der Waals surface area contributed by atoms with Crippen LogP contribution in [0, 0.1) is 0 Å². The number of nitrogens with one attached hydrogen (secondary N) is 1. The number of carboxylic acids is 1. The summed E-state index contributed by atoms with van der Waals surface area (Å²) in [5.74, 6) is -1.04. The van der Waals surface area contributed by atoms with Gasteiger partial charge in [-0.15, -0.1) is 11.3 Å². The van der Waals surface area contributed by atoms with Crippen LogP contribution in [0.25, 0.3) is 0 Å². The van der Waals surface area contributed by atoms with Crippen molar-refractivity contribution >= 4 is 43.3 Å². The van der Waals surface area contributed by atoms with Gasteiger partial charge in [0.1, 0.15) is 10.3 Å². The highest BCUT2D eigenvalue weighted by Crippen LogP contribution is 2.28. The number of hydrogen-bond acceptors (Lipinski definition) is 5. The largest absolute Gasteiger partial charge is 0.480 e. The number of carbonyl (C=O) groups is 1. The Balaban J connectivity index is 2.22. The zero-order valence-corrected chi connectivity index (χ0v) is 12.4. The second-order valence-corrected chi connectivity index (χ2v) is 8.39. The van der Waals surface area contributed by atoms with Crippen molar-refractivity contribution in [3.8, 4) is 0 Å². The second kappa shape index (κ2) is 5.25. The molecule has 2 rings (SSSR count). The van der Waals surface area contributed by atoms with E-state index in [1.54, 1.807) is 6.07 Å². The molecule has 1 saturated heterocycles. The number of rotatable bonds is 3. The van der Waals surface area contributed by atoms with Crippen LogP contribution in [0.3, 0.4) is 0 Å². The second-order valence-electron chi connectivity index (χ2n) is 3.77. The first-order valence-corrected chi connectivity index (χ1v) is 8.18. The average Bonchev–Trinajstić information content (AvgIpc) is 2.77. The molecule has 0 aliphatic carbocycles. The fourth-order valence-electron chi connectivity index (χ4n) is 1.67. The Bertz CT molecular complexity index is 557. The number of sulfonamides is 1. The Morgan fingerprint density at radius 1 is 1.56 bits per heavy atom. The Kier molecular flexibility index (Phi) is 4.07. The van der Waals surface area contributed by atoms with Crippen LogP contribution in [0.2, 0.25) is 0 Å². The van der Waals surface area contributed by atoms with Gasteiger partial charge in [0.2, 0.25) is 0 Å². The van der Waals surface area contributed by atoms with Gasteiger partial charge in [0.05, 0.1) is 3.79 Å². The van der Waals surface area contributed by atoms with Crippen LogP contribution in [-0.2, 0) is 14.8 Å². The molecule has 0 bridgehead atoms. The van der Waals surface area contributed by atoms with E-state index in [2.05, 4.69) is 21.2 Å². The molecule has 1 aliphatic heterocycles. The van der Waals surface area contributed by atoms with Gasteiger partial charge in [0, 0.05) is 19.6 Å². The molecular weight excluding hydrogens is 344 g/mol. The van der Waals surface area contributed by atoms with Crippen LogP contribution in [0.5, 0.6) is 0 Å². The van der Waals surface area contributed by atoms with Crippen molar-refractivity contribution in [1.29, 1.82) is 0 Å². The predicted molar refractivity (Wildman–Crippen MR) is 70.2 cm³/mol. The van der Waals surface area contributed by atoms with Crippen molar-refractivity contribution < 1.29 is 18.3 Å². The molecule has 0 aromatic carbocycles. The molecule has 0 spiro atoms. The van der Waals surface area contributed by atoms with Crippen LogP contribution in [0.1, 0.15) is 0 Å². The minimum Gasteiger partial charge on any atom is -0.480 e. The maximum atomic E-state index is 12.3. The minimum atomic E-state index is -3.59. The summed E-state index contributed by atoms with van der Waals surface area (Å²) in [4.78, 5) is 10.9. The number of nitrogens with zero attached hydrogens (tertiary/aromatic N) is 1. The van der Waals surface area contributed by atoms with E-state index in [9.17, 15) is 13.2 Å². The van der Waals surface area contributed by atoms with E-state index in [1.807, 2.05) is 0 Å². The zero-order chi connectivity index (χ0) is 13.3. The maximum absolute atomic E-state index is 12.3. The predicted octanol–water partition coefficient (Wildman–Crippen LogP) is 0.558. The molecule has 1 aromatic rings. The van der Waals surface area contributed by atoms with E-state index < -0.39 is 22.0 Å². The monoisotopic (exact) mass is 354 g/mol. The summed E-state index contributed by atoms with van der Waals surface area (Å²) in [6.07, 6.45) is 0. The summed E-state index contributed by atoms with van der Waals surface area (Å²) in [5.41, 5.74) is 0. The Labute approximate surface area is 117 Å². The third-order valence-electron chi connectivity index (χ3n) is 2.58. The van der Waals surface area contributed by atoms with Gasteiger partial charge in [-0.25, -0.2) is 8.42 Å². The summed E-state index contributed by atoms with van der Waals surface area (Å²) in [7, 11) is -3.59. The fourth-order valence-corrected chi connectivity index (χ4v) is 5.29. The molecule has 2 N–H and O–H groups in total. The third kappa shape index (κ3) is 2.75. The lowest BCUT2D eigenvalue weighted by Gasteiger charge is -2.30. The average molecular weight is 355 g/mol. The fraction of sp³-hybridized carbons (Fsp3) is 0.444. The summed E-state index contributed by atoms with van der Waals surface area (Å²) < 4.78 is 26.7. The SMILES string of the molecule is O=C(O)[C@H]1CN(S(=O)(=O)c2ccc(Br)s2)CCN1. The zero-order valence-electron chi connectivity index (χ0n) is 9.17. The highest BCUT2D eigenvalue weighted by Gasteiger charge is 2.33. The number of carboxylic acid groups (broad SMARTS) is 1. The minimum absolute atomic E-state index is 0.0484. The van der Waals surface area contributed by atoms with Crippen molar-refractivity contribution in [2.75, 3.05) is 19.6 Å². The smallest absolute Gasteiger partial charge is 0.322 e. The molecule has 1 atom stereocenters. The van der Waals surface area contributed by atoms with Gasteiger partial charge >= 0.3 is 5.97 Å². The lowest BCUT2D eigenvalue weighted by atomic mass is 10.2. The Morgan fingerprint density at radius 3 is 2.83 bits per heavy atom. The van der Waals surface area contributed by atoms with Crippen LogP contribution in [0.4, 0.5) is 0 Å². The van der Waals surface area contributed by atoms with Crippen molar-refractivity contribution in [2.24, 2.45) is 0 Å². The van der Waals surface area contributed by atoms with Gasteiger partial charge in [-0.3, -0.25) is 4.79 Å². The summed E-state index contributed by atoms with van der Waals surface area (Å²) in [5, 5.41) is 11.7. The molecule has 1 aliphatic rings. The van der Waals surface area contributed by atoms with E-state index in [0.29, 0.717) is 6.54 Å². The van der Waals surface area contributed by atoms with E-state index in [4.69, 9.17) is 5.11 Å². The highest BCUT2D eigenvalue weighted by molar-refractivity contribution is 9.11. The summed E-state index contributed by atoms with van der Waals surface area (Å²) in [6.45, 7) is 0.567. The van der Waals surface area contributed by atoms with Gasteiger partial charge < -0.3 is 10.4 Å². The van der Waals surface area contributed by atoms with Gasteiger partial charge in [-0.1, -0.05) is 0 Å². The van der Waals surface area contributed by atoms with Crippen LogP contribution < -0.4 is 5.32 Å². The van der Waals surface area contributed by atoms with Gasteiger partial charge in [-0.2, -0.15) is 4.31 Å². The third-order valence-corrected chi connectivity index (χ3v) is 6.54. The molecule has 1 fully saturated rings. The van der Waals surface area contributed by atoms with Gasteiger partial charge in [0.15, 0.2) is 0 Å². The van der Waals surface area contributed by atoms with Crippen molar-refractivity contribution in [2.45, 2.75) is 10.3 Å². The van der Waals surface area contributed by atoms with E-state index >= 15 is 0 Å². The summed E-state index contributed by atoms with van der Waals surface area (Å²) in [6, 6.07) is 2.33. The van der Waals surface area contributed by atoms with Crippen molar-refractivity contribution in [1.82, 2.24) is 9.62 Å². The molecular formula is C9H11BrN2O4S2. The van der Waals surface area contributed by atoms with E-state index in [-0.39, 0.29) is 17.3 Å². The molecule has 1 aromatic heterocycles. The molecule has 0 saturated carbocycles. The Morgan fingerprint density at radius 2 is 2.28 bits per heavy atom. The molecule has 0 amide bonds. The first-order chi connectivity index (χ1) is 8.41. The normalized spacial score (nSPS) is 21.9. The molecule has 18 heavy (non-hydrogen) atoms. The maximum Gasteiger partial charge on any atom is 0.322 e. The van der Waals surface area contributed by atoms with E-state index in [1.165, 1.54) is 10.4 Å². The standard InChI is InChI=1S/C9H11BrN2O4S2/c10-7-1-2-8(17-7)18(15,16)12-4-3-11-6(5-12)9(13)14/h1-2,6,11H,3-5H2,(H,13,14)/t6-/m1/s1. The molecule has 0 unspecified atom stereocenters. The van der Waals surface area contributed by atoms with Crippen molar-refractivity contribution in [3.63, 3.8) is 0 Å². The molecule has 0 radical (unpaired) electrons. The van der Waals surface area contributed by atoms with Gasteiger partial charge in [0.25, 0.3) is 10.0 Å². The van der Waals surface area contributed by atoms with Gasteiger partial charge in [-0.05, 0) is 28.1 Å². The summed E-state index contributed by atoms with van der Waals surface area (Å²) >= 11 is 4.33. The first-order valence-electron chi connectivity index (χ1n) is 5.13. The molecule has 9 heteroatoms. The number of hydrogen-bond donors (Lipinski definition) is 2. The quantitative estimate of drug-likeness (QED) is 0.827. The highest BCUT2D eigenvalue weighted by atomic mass is 79.9. The topological polar surface area (TPSA) is 86.7 Å². The lowest BCUT2D eigenvalue weighted by molar-refractivity contribution is -0.140. The van der Waals surface area contributed by atoms with Crippen LogP contribution >= 0.6 is 27.3 Å².